The zero-order valence-corrected chi connectivity index (χ0v) is 20.1. The lowest BCUT2D eigenvalue weighted by Crippen LogP contribution is -2.41. The molecule has 9 nitrogen and oxygen atoms in total. The van der Waals surface area contributed by atoms with E-state index in [9.17, 15) is 23.6 Å². The largest absolute Gasteiger partial charge is 0.463 e. The predicted molar refractivity (Wildman–Crippen MR) is 139 cm³/mol. The second-order valence-corrected chi connectivity index (χ2v) is 9.33. The molecule has 0 fully saturated rings. The third kappa shape index (κ3) is 3.95. The van der Waals surface area contributed by atoms with Crippen LogP contribution in [-0.4, -0.2) is 40.4 Å². The van der Waals surface area contributed by atoms with Gasteiger partial charge in [-0.1, -0.05) is 35.6 Å². The fraction of sp³-hybridized carbons (Fsp3) is 0.0370. The molecule has 11 heteroatoms. The van der Waals surface area contributed by atoms with Crippen molar-refractivity contribution in [2.45, 2.75) is 0 Å². The lowest BCUT2D eigenvalue weighted by Gasteiger charge is -2.18. The third-order valence-corrected chi connectivity index (χ3v) is 6.94. The molecule has 0 bridgehead atoms. The molecule has 3 aromatic carbocycles. The van der Waals surface area contributed by atoms with Gasteiger partial charge in [-0.15, -0.1) is 0 Å². The molecule has 5 aromatic rings. The van der Waals surface area contributed by atoms with Crippen LogP contribution in [0.15, 0.2) is 87.3 Å². The molecule has 0 saturated carbocycles. The summed E-state index contributed by atoms with van der Waals surface area (Å²) in [5.74, 6) is -2.46. The van der Waals surface area contributed by atoms with Crippen molar-refractivity contribution >= 4 is 61.6 Å². The van der Waals surface area contributed by atoms with Gasteiger partial charge in [0.2, 0.25) is 10.6 Å². The normalized spacial score (nSPS) is 13.1. The first kappa shape index (κ1) is 23.4. The average Bonchev–Trinajstić information content (AvgIpc) is 3.44. The van der Waals surface area contributed by atoms with E-state index in [1.165, 1.54) is 36.6 Å². The zero-order chi connectivity index (χ0) is 26.4. The van der Waals surface area contributed by atoms with Crippen LogP contribution in [0.5, 0.6) is 0 Å². The van der Waals surface area contributed by atoms with Gasteiger partial charge in [-0.25, -0.2) is 9.37 Å². The van der Waals surface area contributed by atoms with E-state index >= 15 is 0 Å². The van der Waals surface area contributed by atoms with E-state index in [0.29, 0.717) is 21.2 Å². The summed E-state index contributed by atoms with van der Waals surface area (Å²) in [5, 5.41) is 5.48. The van der Waals surface area contributed by atoms with Gasteiger partial charge in [0.25, 0.3) is 17.7 Å². The molecule has 0 unspecified atom stereocenters. The van der Waals surface area contributed by atoms with Crippen molar-refractivity contribution in [2.24, 2.45) is 5.10 Å². The van der Waals surface area contributed by atoms with Crippen molar-refractivity contribution in [3.63, 3.8) is 0 Å². The first-order valence-electron chi connectivity index (χ1n) is 11.3. The number of para-hydroxylation sites is 1. The maximum Gasteiger partial charge on any atom is 0.269 e. The molecule has 3 heterocycles. The van der Waals surface area contributed by atoms with E-state index in [2.05, 4.69) is 10.1 Å². The Hall–Kier alpha value is -5.03. The predicted octanol–water partition coefficient (Wildman–Crippen LogP) is 4.21. The summed E-state index contributed by atoms with van der Waals surface area (Å²) in [6.07, 6.45) is 2.36. The van der Waals surface area contributed by atoms with Crippen LogP contribution in [0.4, 0.5) is 9.52 Å². The summed E-state index contributed by atoms with van der Waals surface area (Å²) in [5.41, 5.74) is 0.907. The highest BCUT2D eigenvalue weighted by molar-refractivity contribution is 7.22. The number of hydrazone groups is 1. The molecule has 0 saturated heterocycles. The van der Waals surface area contributed by atoms with Crippen molar-refractivity contribution in [1.29, 1.82) is 0 Å². The van der Waals surface area contributed by atoms with E-state index < -0.39 is 30.1 Å². The van der Waals surface area contributed by atoms with Crippen LogP contribution in [0.3, 0.4) is 0 Å². The maximum atomic E-state index is 13.8. The first-order chi connectivity index (χ1) is 18.4. The van der Waals surface area contributed by atoms with Crippen molar-refractivity contribution in [2.75, 3.05) is 11.6 Å². The number of hydrogen-bond acceptors (Lipinski definition) is 8. The minimum atomic E-state index is -0.763. The number of carbonyl (C=O) groups excluding carboxylic acids is 3. The summed E-state index contributed by atoms with van der Waals surface area (Å²) >= 11 is 0.987. The quantitative estimate of drug-likeness (QED) is 0.193. The number of thiazole rings is 1. The standard InChI is InChI=1S/C27H15FN4O5S/c28-16-9-10-20-22(11-16)38-27(30-20)32(29-12-15-14-37-21-8-4-3-7-19(21)24(15)34)23(33)13-31-25(35)17-5-1-2-6-18(17)26(31)36/h1-12,14H,13H2/b29-12+. The third-order valence-electron chi connectivity index (χ3n) is 5.95. The molecular weight excluding hydrogens is 511 g/mol. The number of hydrogen-bond donors (Lipinski definition) is 0. The fourth-order valence-corrected chi connectivity index (χ4v) is 5.05. The highest BCUT2D eigenvalue weighted by atomic mass is 32.1. The van der Waals surface area contributed by atoms with Crippen LogP contribution < -0.4 is 10.4 Å². The van der Waals surface area contributed by atoms with Gasteiger partial charge >= 0.3 is 0 Å². The molecule has 186 valence electrons. The molecule has 1 aliphatic heterocycles. The van der Waals surface area contributed by atoms with Crippen molar-refractivity contribution in [1.82, 2.24) is 9.88 Å². The Morgan fingerprint density at radius 2 is 1.74 bits per heavy atom. The number of fused-ring (bicyclic) bond motifs is 3. The van der Waals surface area contributed by atoms with E-state index in [1.807, 2.05) is 0 Å². The first-order valence-corrected chi connectivity index (χ1v) is 12.1. The van der Waals surface area contributed by atoms with E-state index in [0.717, 1.165) is 27.5 Å². The molecule has 0 radical (unpaired) electrons. The number of nitrogens with zero attached hydrogens (tertiary/aromatic N) is 4. The molecule has 2 aromatic heterocycles. The number of aromatic nitrogens is 1. The SMILES string of the molecule is O=C1c2ccccc2C(=O)N1CC(=O)N(/N=C/c1coc2ccccc2c1=O)c1nc2ccc(F)cc2s1. The smallest absolute Gasteiger partial charge is 0.269 e. The molecule has 0 aliphatic carbocycles. The Bertz CT molecular complexity index is 1840. The molecule has 0 spiro atoms. The highest BCUT2D eigenvalue weighted by Crippen LogP contribution is 2.30. The fourth-order valence-electron chi connectivity index (χ4n) is 4.08. The van der Waals surface area contributed by atoms with Gasteiger partial charge in [-0.05, 0) is 42.5 Å². The van der Waals surface area contributed by atoms with Gasteiger partial charge in [0.1, 0.15) is 24.2 Å². The number of halogens is 1. The van der Waals surface area contributed by atoms with Crippen LogP contribution in [-0.2, 0) is 4.79 Å². The van der Waals surface area contributed by atoms with Gasteiger partial charge in [0, 0.05) is 0 Å². The molecule has 38 heavy (non-hydrogen) atoms. The molecule has 1 aliphatic rings. The number of carbonyl (C=O) groups is 3. The summed E-state index contributed by atoms with van der Waals surface area (Å²) < 4.78 is 19.7. The van der Waals surface area contributed by atoms with Gasteiger partial charge in [-0.2, -0.15) is 10.1 Å². The monoisotopic (exact) mass is 526 g/mol. The summed E-state index contributed by atoms with van der Waals surface area (Å²) in [6, 6.07) is 16.9. The van der Waals surface area contributed by atoms with E-state index in [4.69, 9.17) is 4.42 Å². The van der Waals surface area contributed by atoms with Gasteiger partial charge in [0.05, 0.1) is 38.5 Å². The lowest BCUT2D eigenvalue weighted by molar-refractivity contribution is -0.118. The summed E-state index contributed by atoms with van der Waals surface area (Å²) in [6.45, 7) is -0.625. The molecule has 0 N–H and O–H groups in total. The minimum Gasteiger partial charge on any atom is -0.463 e. The second kappa shape index (κ2) is 9.12. The number of benzene rings is 3. The zero-order valence-electron chi connectivity index (χ0n) is 19.3. The van der Waals surface area contributed by atoms with Crippen molar-refractivity contribution < 1.29 is 23.2 Å². The Kier molecular flexibility index (Phi) is 5.61. The van der Waals surface area contributed by atoms with E-state index in [-0.39, 0.29) is 27.3 Å². The summed E-state index contributed by atoms with van der Waals surface area (Å²) in [7, 11) is 0. The summed E-state index contributed by atoms with van der Waals surface area (Å²) in [4.78, 5) is 57.2. The molecular formula is C27H15FN4O5S. The van der Waals surface area contributed by atoms with Crippen LogP contribution in [0.25, 0.3) is 21.2 Å². The Morgan fingerprint density at radius 1 is 1.03 bits per heavy atom. The maximum absolute atomic E-state index is 13.8. The van der Waals surface area contributed by atoms with Crippen LogP contribution in [0, 0.1) is 5.82 Å². The average molecular weight is 527 g/mol. The molecule has 0 atom stereocenters. The lowest BCUT2D eigenvalue weighted by atomic mass is 10.1. The van der Waals surface area contributed by atoms with E-state index in [1.54, 1.807) is 36.4 Å². The van der Waals surface area contributed by atoms with Gasteiger partial charge in [-0.3, -0.25) is 24.1 Å². The highest BCUT2D eigenvalue weighted by Gasteiger charge is 2.37. The Balaban J connectivity index is 1.38. The van der Waals surface area contributed by atoms with Gasteiger partial charge < -0.3 is 4.42 Å². The number of imide groups is 1. The number of amides is 3. The van der Waals surface area contributed by atoms with Crippen LogP contribution in [0.1, 0.15) is 26.3 Å². The minimum absolute atomic E-state index is 0.0636. The molecule has 3 amide bonds. The van der Waals surface area contributed by atoms with Crippen molar-refractivity contribution in [3.05, 3.63) is 106 Å². The van der Waals surface area contributed by atoms with Crippen molar-refractivity contribution in [3.8, 4) is 0 Å². The number of rotatable bonds is 5. The topological polar surface area (TPSA) is 113 Å². The Labute approximate surface area is 217 Å². The molecule has 6 rings (SSSR count). The van der Waals surface area contributed by atoms with Gasteiger partial charge in [0.15, 0.2) is 0 Å². The Morgan fingerprint density at radius 3 is 2.50 bits per heavy atom. The number of anilines is 1. The van der Waals surface area contributed by atoms with Crippen LogP contribution in [0.2, 0.25) is 0 Å². The second-order valence-electron chi connectivity index (χ2n) is 8.32. The van der Waals surface area contributed by atoms with Crippen LogP contribution >= 0.6 is 11.3 Å².